The number of hydrogen-bond donors (Lipinski definition) is 0. The number of hydrogen-bond acceptors (Lipinski definition) is 8. The molecule has 31 heavy (non-hydrogen) atoms. The maximum absolute atomic E-state index is 5.56. The third-order valence-electron chi connectivity index (χ3n) is 5.53. The first-order valence-corrected chi connectivity index (χ1v) is 11.0. The summed E-state index contributed by atoms with van der Waals surface area (Å²) in [5, 5.41) is 9.90. The van der Waals surface area contributed by atoms with Crippen molar-refractivity contribution in [3.05, 3.63) is 46.4 Å². The van der Waals surface area contributed by atoms with Crippen LogP contribution in [0.15, 0.2) is 29.7 Å². The van der Waals surface area contributed by atoms with Crippen molar-refractivity contribution in [3.8, 4) is 11.5 Å². The van der Waals surface area contributed by atoms with E-state index in [4.69, 9.17) is 19.3 Å². The minimum Gasteiger partial charge on any atom is -0.493 e. The van der Waals surface area contributed by atoms with Gasteiger partial charge in [-0.2, -0.15) is 0 Å². The van der Waals surface area contributed by atoms with Crippen LogP contribution in [0.25, 0.3) is 15.9 Å². The Kier molecular flexibility index (Phi) is 5.19. The van der Waals surface area contributed by atoms with E-state index in [2.05, 4.69) is 15.2 Å². The SMILES string of the molecule is COc1ccc(/C(C)=N/OCc2nc3c4c5c(sc4ncn3n2)CCCC5)cc1OC. The van der Waals surface area contributed by atoms with E-state index in [1.807, 2.05) is 25.1 Å². The number of rotatable bonds is 6. The second kappa shape index (κ2) is 8.14. The molecule has 1 aromatic carbocycles. The van der Waals surface area contributed by atoms with Crippen LogP contribution in [0.2, 0.25) is 0 Å². The number of aryl methyl sites for hydroxylation is 2. The van der Waals surface area contributed by atoms with Gasteiger partial charge in [0, 0.05) is 10.4 Å². The first-order chi connectivity index (χ1) is 15.2. The number of fused-ring (bicyclic) bond motifs is 5. The van der Waals surface area contributed by atoms with Gasteiger partial charge in [0.05, 0.1) is 25.3 Å². The van der Waals surface area contributed by atoms with Crippen molar-refractivity contribution in [2.45, 2.75) is 39.2 Å². The van der Waals surface area contributed by atoms with E-state index in [1.54, 1.807) is 36.4 Å². The van der Waals surface area contributed by atoms with E-state index in [-0.39, 0.29) is 6.61 Å². The Morgan fingerprint density at radius 3 is 2.84 bits per heavy atom. The van der Waals surface area contributed by atoms with Crippen molar-refractivity contribution in [1.82, 2.24) is 19.6 Å². The highest BCUT2D eigenvalue weighted by Crippen LogP contribution is 2.36. The van der Waals surface area contributed by atoms with Crippen LogP contribution in [0.3, 0.4) is 0 Å². The number of aromatic nitrogens is 4. The summed E-state index contributed by atoms with van der Waals surface area (Å²) in [7, 11) is 3.22. The van der Waals surface area contributed by atoms with Gasteiger partial charge in [-0.05, 0) is 56.4 Å². The minimum atomic E-state index is 0.181. The zero-order valence-electron chi connectivity index (χ0n) is 17.7. The average molecular weight is 438 g/mol. The lowest BCUT2D eigenvalue weighted by Crippen LogP contribution is -1.99. The van der Waals surface area contributed by atoms with Gasteiger partial charge in [-0.25, -0.2) is 14.5 Å². The Morgan fingerprint density at radius 2 is 2.00 bits per heavy atom. The van der Waals surface area contributed by atoms with Gasteiger partial charge in [-0.1, -0.05) is 5.16 Å². The molecule has 0 amide bonds. The summed E-state index contributed by atoms with van der Waals surface area (Å²) in [5.41, 5.74) is 3.85. The Balaban J connectivity index is 1.37. The topological polar surface area (TPSA) is 83.1 Å². The fourth-order valence-corrected chi connectivity index (χ4v) is 5.18. The van der Waals surface area contributed by atoms with E-state index >= 15 is 0 Å². The van der Waals surface area contributed by atoms with Gasteiger partial charge in [0.25, 0.3) is 0 Å². The van der Waals surface area contributed by atoms with Gasteiger partial charge < -0.3 is 14.3 Å². The molecule has 0 saturated carbocycles. The lowest BCUT2D eigenvalue weighted by atomic mass is 9.97. The largest absolute Gasteiger partial charge is 0.493 e. The van der Waals surface area contributed by atoms with Crippen LogP contribution in [0.5, 0.6) is 11.5 Å². The van der Waals surface area contributed by atoms with Crippen molar-refractivity contribution in [3.63, 3.8) is 0 Å². The molecule has 1 aliphatic rings. The second-order valence-corrected chi connectivity index (χ2v) is 8.54. The van der Waals surface area contributed by atoms with E-state index in [0.29, 0.717) is 17.3 Å². The first kappa shape index (κ1) is 19.7. The number of nitrogens with zero attached hydrogens (tertiary/aromatic N) is 5. The summed E-state index contributed by atoms with van der Waals surface area (Å²) in [6, 6.07) is 5.62. The number of methoxy groups -OCH3 is 2. The van der Waals surface area contributed by atoms with Crippen LogP contribution < -0.4 is 9.47 Å². The second-order valence-electron chi connectivity index (χ2n) is 7.45. The Bertz CT molecular complexity index is 1290. The summed E-state index contributed by atoms with van der Waals surface area (Å²) in [6.07, 6.45) is 6.42. The molecule has 0 fully saturated rings. The number of benzene rings is 1. The van der Waals surface area contributed by atoms with Gasteiger partial charge in [-0.15, -0.1) is 16.4 Å². The summed E-state index contributed by atoms with van der Waals surface area (Å²) < 4.78 is 12.4. The van der Waals surface area contributed by atoms with Gasteiger partial charge >= 0.3 is 0 Å². The van der Waals surface area contributed by atoms with Crippen molar-refractivity contribution >= 4 is 32.9 Å². The molecule has 0 bridgehead atoms. The summed E-state index contributed by atoms with van der Waals surface area (Å²) in [5.74, 6) is 1.89. The fourth-order valence-electron chi connectivity index (χ4n) is 3.96. The fraction of sp³-hybridized carbons (Fsp3) is 0.364. The van der Waals surface area contributed by atoms with Gasteiger partial charge in [-0.3, -0.25) is 0 Å². The predicted molar refractivity (Wildman–Crippen MR) is 119 cm³/mol. The molecule has 3 aromatic heterocycles. The average Bonchev–Trinajstić information content (AvgIpc) is 3.38. The monoisotopic (exact) mass is 437 g/mol. The molecule has 0 spiro atoms. The third kappa shape index (κ3) is 3.59. The number of ether oxygens (including phenoxy) is 2. The molecular formula is C22H23N5O3S. The summed E-state index contributed by atoms with van der Waals surface area (Å²) >= 11 is 1.78. The van der Waals surface area contributed by atoms with Gasteiger partial charge in [0.15, 0.2) is 29.6 Å². The Labute approximate surface area is 183 Å². The molecule has 160 valence electrons. The highest BCUT2D eigenvalue weighted by atomic mass is 32.1. The van der Waals surface area contributed by atoms with Gasteiger partial charge in [0.2, 0.25) is 0 Å². The molecule has 1 aliphatic carbocycles. The molecule has 0 saturated heterocycles. The van der Waals surface area contributed by atoms with Crippen LogP contribution >= 0.6 is 11.3 Å². The molecule has 0 aliphatic heterocycles. The van der Waals surface area contributed by atoms with Crippen LogP contribution in [0, 0.1) is 0 Å². The van der Waals surface area contributed by atoms with Crippen LogP contribution in [0.1, 0.15) is 41.6 Å². The molecule has 0 atom stereocenters. The van der Waals surface area contributed by atoms with Crippen molar-refractivity contribution in [2.24, 2.45) is 5.16 Å². The van der Waals surface area contributed by atoms with E-state index in [9.17, 15) is 0 Å². The van der Waals surface area contributed by atoms with Crippen molar-refractivity contribution in [1.29, 1.82) is 0 Å². The van der Waals surface area contributed by atoms with Crippen LogP contribution in [-0.2, 0) is 24.3 Å². The summed E-state index contributed by atoms with van der Waals surface area (Å²) in [4.78, 5) is 17.4. The van der Waals surface area contributed by atoms with Crippen LogP contribution in [0.4, 0.5) is 0 Å². The standard InChI is InChI=1S/C22H23N5O3S/c1-13(14-8-9-16(28-2)17(10-14)29-3)26-30-11-19-24-21-20-15-6-4-5-7-18(15)31-22(20)23-12-27(21)25-19/h8-10,12H,4-7,11H2,1-3H3/b26-13+. The summed E-state index contributed by atoms with van der Waals surface area (Å²) in [6.45, 7) is 2.06. The van der Waals surface area contributed by atoms with Crippen molar-refractivity contribution < 1.29 is 14.3 Å². The van der Waals surface area contributed by atoms with E-state index in [0.717, 1.165) is 40.0 Å². The molecule has 4 aromatic rings. The van der Waals surface area contributed by atoms with E-state index < -0.39 is 0 Å². The third-order valence-corrected chi connectivity index (χ3v) is 6.73. The maximum atomic E-state index is 5.56. The minimum absolute atomic E-state index is 0.181. The zero-order valence-corrected chi connectivity index (χ0v) is 18.5. The van der Waals surface area contributed by atoms with Gasteiger partial charge in [0.1, 0.15) is 11.2 Å². The normalized spacial score (nSPS) is 14.1. The lowest BCUT2D eigenvalue weighted by Gasteiger charge is -2.09. The molecule has 3 heterocycles. The lowest BCUT2D eigenvalue weighted by molar-refractivity contribution is 0.125. The smallest absolute Gasteiger partial charge is 0.192 e. The molecule has 0 N–H and O–H groups in total. The first-order valence-electron chi connectivity index (χ1n) is 10.2. The van der Waals surface area contributed by atoms with Crippen LogP contribution in [-0.4, -0.2) is 39.5 Å². The molecule has 8 nitrogen and oxygen atoms in total. The number of thiophene rings is 1. The predicted octanol–water partition coefficient (Wildman–Crippen LogP) is 4.18. The highest BCUT2D eigenvalue weighted by molar-refractivity contribution is 7.19. The number of oxime groups is 1. The molecule has 0 radical (unpaired) electrons. The molecule has 5 rings (SSSR count). The molecule has 0 unspecified atom stereocenters. The highest BCUT2D eigenvalue weighted by Gasteiger charge is 2.20. The quantitative estimate of drug-likeness (QED) is 0.332. The zero-order chi connectivity index (χ0) is 21.4. The maximum Gasteiger partial charge on any atom is 0.192 e. The molecule has 9 heteroatoms. The van der Waals surface area contributed by atoms with Crippen molar-refractivity contribution in [2.75, 3.05) is 14.2 Å². The molecular weight excluding hydrogens is 414 g/mol. The Morgan fingerprint density at radius 1 is 1.16 bits per heavy atom. The Hall–Kier alpha value is -3.20. The van der Waals surface area contributed by atoms with E-state index in [1.165, 1.54) is 23.3 Å².